The second kappa shape index (κ2) is 13.4. The van der Waals surface area contributed by atoms with Crippen LogP contribution in [-0.4, -0.2) is 5.75 Å². The van der Waals surface area contributed by atoms with Crippen molar-refractivity contribution in [3.8, 4) is 0 Å². The molecular formula is C22H42S. The molecule has 3 atom stereocenters. The maximum atomic E-state index is 2.51. The van der Waals surface area contributed by atoms with Crippen molar-refractivity contribution in [2.24, 2.45) is 17.8 Å². The average Bonchev–Trinajstić information content (AvgIpc) is 2.95. The van der Waals surface area contributed by atoms with Crippen molar-refractivity contribution in [2.75, 3.05) is 5.75 Å². The highest BCUT2D eigenvalue weighted by molar-refractivity contribution is 8.02. The van der Waals surface area contributed by atoms with Gasteiger partial charge in [0.1, 0.15) is 0 Å². The normalized spacial score (nSPS) is 20.5. The molecule has 0 spiro atoms. The monoisotopic (exact) mass is 338 g/mol. The van der Waals surface area contributed by atoms with Crippen LogP contribution in [0.5, 0.6) is 0 Å². The second-order valence-corrected chi connectivity index (χ2v) is 8.97. The zero-order chi connectivity index (χ0) is 16.9. The number of hydrogen-bond acceptors (Lipinski definition) is 1. The molecule has 23 heavy (non-hydrogen) atoms. The Morgan fingerprint density at radius 1 is 0.913 bits per heavy atom. The summed E-state index contributed by atoms with van der Waals surface area (Å²) in [5.74, 6) is 4.05. The minimum atomic E-state index is 0.888. The molecule has 1 heteroatoms. The summed E-state index contributed by atoms with van der Waals surface area (Å²) in [7, 11) is 0. The smallest absolute Gasteiger partial charge is 0.00401 e. The highest BCUT2D eigenvalue weighted by Gasteiger charge is 2.23. The van der Waals surface area contributed by atoms with E-state index in [0.29, 0.717) is 0 Å². The van der Waals surface area contributed by atoms with Gasteiger partial charge >= 0.3 is 0 Å². The highest BCUT2D eigenvalue weighted by atomic mass is 32.2. The van der Waals surface area contributed by atoms with Gasteiger partial charge in [0.25, 0.3) is 0 Å². The van der Waals surface area contributed by atoms with Gasteiger partial charge in [-0.25, -0.2) is 0 Å². The van der Waals surface area contributed by atoms with Crippen molar-refractivity contribution in [1.82, 2.24) is 0 Å². The van der Waals surface area contributed by atoms with Gasteiger partial charge in [0.15, 0.2) is 0 Å². The van der Waals surface area contributed by atoms with Gasteiger partial charge in [-0.05, 0) is 36.0 Å². The largest absolute Gasteiger partial charge is 0.134 e. The molecular weight excluding hydrogens is 296 g/mol. The van der Waals surface area contributed by atoms with Crippen LogP contribution in [-0.2, 0) is 0 Å². The summed E-state index contributed by atoms with van der Waals surface area (Å²) in [6.07, 6.45) is 17.0. The third kappa shape index (κ3) is 9.85. The van der Waals surface area contributed by atoms with Crippen LogP contribution < -0.4 is 0 Å². The van der Waals surface area contributed by atoms with Gasteiger partial charge < -0.3 is 0 Å². The number of thioether (sulfide) groups is 1. The minimum Gasteiger partial charge on any atom is -0.134 e. The van der Waals surface area contributed by atoms with Crippen molar-refractivity contribution < 1.29 is 0 Å². The van der Waals surface area contributed by atoms with Crippen LogP contribution in [0.1, 0.15) is 105 Å². The molecule has 0 aliphatic carbocycles. The van der Waals surface area contributed by atoms with E-state index in [1.165, 1.54) is 82.8 Å². The summed E-state index contributed by atoms with van der Waals surface area (Å²) in [5, 5.41) is 2.51. The first kappa shape index (κ1) is 21.1. The number of hydrogen-bond donors (Lipinski definition) is 0. The van der Waals surface area contributed by atoms with Gasteiger partial charge in [-0.2, -0.15) is 0 Å². The summed E-state index contributed by atoms with van der Waals surface area (Å²) in [6.45, 7) is 9.57. The molecule has 1 heterocycles. The molecule has 1 rings (SSSR count). The number of unbranched alkanes of at least 4 members (excludes halogenated alkanes) is 6. The lowest BCUT2D eigenvalue weighted by Crippen LogP contribution is -2.11. The predicted octanol–water partition coefficient (Wildman–Crippen LogP) is 8.23. The van der Waals surface area contributed by atoms with Crippen LogP contribution in [0.4, 0.5) is 0 Å². The van der Waals surface area contributed by atoms with Crippen LogP contribution in [0.25, 0.3) is 0 Å². The summed E-state index contributed by atoms with van der Waals surface area (Å²) in [6, 6.07) is 0. The van der Waals surface area contributed by atoms with Gasteiger partial charge in [-0.3, -0.25) is 0 Å². The quantitative estimate of drug-likeness (QED) is 0.287. The molecule has 0 fully saturated rings. The maximum absolute atomic E-state index is 2.51. The second-order valence-electron chi connectivity index (χ2n) is 8.07. The Kier molecular flexibility index (Phi) is 12.3. The molecule has 0 saturated carbocycles. The maximum Gasteiger partial charge on any atom is 0.00401 e. The van der Waals surface area contributed by atoms with Crippen LogP contribution in [0.15, 0.2) is 11.0 Å². The fourth-order valence-electron chi connectivity index (χ4n) is 3.86. The van der Waals surface area contributed by atoms with Crippen molar-refractivity contribution in [1.29, 1.82) is 0 Å². The molecule has 0 N–H and O–H groups in total. The molecule has 0 saturated heterocycles. The lowest BCUT2D eigenvalue weighted by atomic mass is 9.84. The third-order valence-corrected chi connectivity index (χ3v) is 6.49. The number of allylic oxidation sites excluding steroid dienone is 1. The van der Waals surface area contributed by atoms with Crippen molar-refractivity contribution in [3.05, 3.63) is 11.0 Å². The summed E-state index contributed by atoms with van der Waals surface area (Å²) < 4.78 is 0. The zero-order valence-electron chi connectivity index (χ0n) is 16.4. The summed E-state index contributed by atoms with van der Waals surface area (Å²) in [5.41, 5.74) is 1.79. The standard InChI is InChI=1S/C22H42S/c1-5-7-9-11-13-19(3)15-21-17-23-18-22(21)16-20(4)14-12-10-8-6-2/h17,19-20,22H,5-16,18H2,1-4H3/t19-,20-,22?/m1/s1. The minimum absolute atomic E-state index is 0.888. The molecule has 0 nitrogen and oxygen atoms in total. The molecule has 1 aliphatic rings. The van der Waals surface area contributed by atoms with E-state index in [9.17, 15) is 0 Å². The lowest BCUT2D eigenvalue weighted by molar-refractivity contribution is 0.395. The van der Waals surface area contributed by atoms with Crippen LogP contribution >= 0.6 is 11.8 Å². The van der Waals surface area contributed by atoms with E-state index >= 15 is 0 Å². The lowest BCUT2D eigenvalue weighted by Gasteiger charge is -2.21. The van der Waals surface area contributed by atoms with Crippen LogP contribution in [0, 0.1) is 17.8 Å². The Balaban J connectivity index is 2.22. The van der Waals surface area contributed by atoms with E-state index < -0.39 is 0 Å². The highest BCUT2D eigenvalue weighted by Crippen LogP contribution is 2.38. The fraction of sp³-hybridized carbons (Fsp3) is 0.909. The molecule has 0 radical (unpaired) electrons. The first-order chi connectivity index (χ1) is 11.2. The van der Waals surface area contributed by atoms with Crippen molar-refractivity contribution >= 4 is 11.8 Å². The molecule has 0 bridgehead atoms. The van der Waals surface area contributed by atoms with Crippen LogP contribution in [0.3, 0.4) is 0 Å². The molecule has 136 valence electrons. The van der Waals surface area contributed by atoms with E-state index in [0.717, 1.165) is 17.8 Å². The zero-order valence-corrected chi connectivity index (χ0v) is 17.2. The van der Waals surface area contributed by atoms with E-state index in [1.807, 2.05) is 0 Å². The molecule has 0 aromatic heterocycles. The van der Waals surface area contributed by atoms with E-state index in [1.54, 1.807) is 5.57 Å². The average molecular weight is 339 g/mol. The van der Waals surface area contributed by atoms with E-state index in [4.69, 9.17) is 0 Å². The van der Waals surface area contributed by atoms with Gasteiger partial charge in [0.2, 0.25) is 0 Å². The SMILES string of the molecule is CCCCCC[C@@H](C)CC1=CSCC1C[C@H](C)CCCCCC. The third-order valence-electron chi connectivity index (χ3n) is 5.43. The summed E-state index contributed by atoms with van der Waals surface area (Å²) in [4.78, 5) is 0. The Morgan fingerprint density at radius 2 is 1.52 bits per heavy atom. The van der Waals surface area contributed by atoms with Crippen molar-refractivity contribution in [3.63, 3.8) is 0 Å². The van der Waals surface area contributed by atoms with E-state index in [-0.39, 0.29) is 0 Å². The number of rotatable bonds is 14. The van der Waals surface area contributed by atoms with Gasteiger partial charge in [-0.15, -0.1) is 11.8 Å². The van der Waals surface area contributed by atoms with Gasteiger partial charge in [0, 0.05) is 5.75 Å². The van der Waals surface area contributed by atoms with Crippen LogP contribution in [0.2, 0.25) is 0 Å². The molecule has 0 aromatic carbocycles. The predicted molar refractivity (Wildman–Crippen MR) is 109 cm³/mol. The Morgan fingerprint density at radius 3 is 2.13 bits per heavy atom. The fourth-order valence-corrected chi connectivity index (χ4v) is 5.04. The Labute approximate surface area is 151 Å². The molecule has 1 unspecified atom stereocenters. The first-order valence-electron chi connectivity index (χ1n) is 10.5. The van der Waals surface area contributed by atoms with Gasteiger partial charge in [0.05, 0.1) is 0 Å². The van der Waals surface area contributed by atoms with E-state index in [2.05, 4.69) is 44.9 Å². The Hall–Kier alpha value is 0.0900. The molecule has 1 aliphatic heterocycles. The molecule has 0 amide bonds. The first-order valence-corrected chi connectivity index (χ1v) is 11.5. The summed E-state index contributed by atoms with van der Waals surface area (Å²) >= 11 is 2.08. The molecule has 0 aromatic rings. The Bertz CT molecular complexity index is 307. The topological polar surface area (TPSA) is 0 Å². The van der Waals surface area contributed by atoms with Gasteiger partial charge in [-0.1, -0.05) is 97.5 Å². The van der Waals surface area contributed by atoms with Crippen molar-refractivity contribution in [2.45, 2.75) is 105 Å².